The molecule has 2 aromatic heterocycles. The molecule has 0 amide bonds. The molecule has 0 spiro atoms. The highest BCUT2D eigenvalue weighted by molar-refractivity contribution is 7.91. The van der Waals surface area contributed by atoms with E-state index in [1.807, 2.05) is 24.6 Å². The lowest BCUT2D eigenvalue weighted by molar-refractivity contribution is 0.550. The predicted octanol–water partition coefficient (Wildman–Crippen LogP) is 2.74. The van der Waals surface area contributed by atoms with E-state index >= 15 is 0 Å². The molecule has 5 nitrogen and oxygen atoms in total. The number of rotatable bonds is 8. The summed E-state index contributed by atoms with van der Waals surface area (Å²) in [6, 6.07) is 1.46. The maximum absolute atomic E-state index is 12.4. The highest BCUT2D eigenvalue weighted by Gasteiger charge is 2.23. The number of thiophene rings is 1. The number of sulfonamides is 1. The molecule has 0 aliphatic carbocycles. The van der Waals surface area contributed by atoms with Crippen LogP contribution in [0.25, 0.3) is 0 Å². The Hall–Kier alpha value is -0.800. The summed E-state index contributed by atoms with van der Waals surface area (Å²) in [5.74, 6) is 0. The lowest BCUT2D eigenvalue weighted by atomic mass is 10.3. The molecule has 1 unspecified atom stereocenters. The third kappa shape index (κ3) is 4.33. The second kappa shape index (κ2) is 7.46. The van der Waals surface area contributed by atoms with Crippen molar-refractivity contribution < 1.29 is 8.42 Å². The fraction of sp³-hybridized carbons (Fsp3) is 0.462. The minimum atomic E-state index is -3.49. The quantitative estimate of drug-likeness (QED) is 0.772. The third-order valence-corrected chi connectivity index (χ3v) is 6.78. The Kier molecular flexibility index (Phi) is 5.88. The SMILES string of the molecule is CCNCc1csc(S(=O)(=O)NC(CC)c2nccs2)c1. The zero-order valence-electron chi connectivity index (χ0n) is 12.0. The van der Waals surface area contributed by atoms with E-state index in [1.165, 1.54) is 22.7 Å². The molecule has 116 valence electrons. The first-order valence-corrected chi connectivity index (χ1v) is 10.0. The van der Waals surface area contributed by atoms with Gasteiger partial charge in [0.05, 0.1) is 6.04 Å². The molecule has 0 bridgehead atoms. The van der Waals surface area contributed by atoms with Gasteiger partial charge in [-0.2, -0.15) is 0 Å². The summed E-state index contributed by atoms with van der Waals surface area (Å²) in [7, 11) is -3.49. The molecule has 0 aliphatic rings. The van der Waals surface area contributed by atoms with Gasteiger partial charge < -0.3 is 5.32 Å². The zero-order valence-corrected chi connectivity index (χ0v) is 14.4. The Morgan fingerprint density at radius 2 is 2.14 bits per heavy atom. The van der Waals surface area contributed by atoms with Gasteiger partial charge in [-0.25, -0.2) is 18.1 Å². The molecule has 0 saturated heterocycles. The topological polar surface area (TPSA) is 71.1 Å². The van der Waals surface area contributed by atoms with Crippen LogP contribution in [-0.4, -0.2) is 19.9 Å². The molecule has 0 aliphatic heterocycles. The van der Waals surface area contributed by atoms with Crippen LogP contribution in [-0.2, 0) is 16.6 Å². The second-order valence-electron chi connectivity index (χ2n) is 4.51. The van der Waals surface area contributed by atoms with Gasteiger partial charge in [0, 0.05) is 18.1 Å². The summed E-state index contributed by atoms with van der Waals surface area (Å²) in [5, 5.41) is 7.71. The van der Waals surface area contributed by atoms with E-state index in [-0.39, 0.29) is 6.04 Å². The first-order valence-electron chi connectivity index (χ1n) is 6.76. The van der Waals surface area contributed by atoms with Crippen LogP contribution >= 0.6 is 22.7 Å². The average Bonchev–Trinajstić information content (AvgIpc) is 3.13. The molecule has 1 atom stereocenters. The van der Waals surface area contributed by atoms with Crippen LogP contribution < -0.4 is 10.0 Å². The molecule has 0 radical (unpaired) electrons. The van der Waals surface area contributed by atoms with Crippen LogP contribution in [0.15, 0.2) is 27.2 Å². The highest BCUT2D eigenvalue weighted by Crippen LogP contribution is 2.25. The van der Waals surface area contributed by atoms with Crippen molar-refractivity contribution in [2.45, 2.75) is 37.1 Å². The van der Waals surface area contributed by atoms with E-state index in [2.05, 4.69) is 15.0 Å². The lowest BCUT2D eigenvalue weighted by Crippen LogP contribution is -2.27. The van der Waals surface area contributed by atoms with Gasteiger partial charge in [-0.15, -0.1) is 22.7 Å². The van der Waals surface area contributed by atoms with Crippen LogP contribution in [0.3, 0.4) is 0 Å². The van der Waals surface area contributed by atoms with E-state index in [9.17, 15) is 8.42 Å². The van der Waals surface area contributed by atoms with Crippen molar-refractivity contribution in [1.82, 2.24) is 15.0 Å². The largest absolute Gasteiger partial charge is 0.313 e. The van der Waals surface area contributed by atoms with Crippen LogP contribution in [0.2, 0.25) is 0 Å². The van der Waals surface area contributed by atoms with Crippen LogP contribution in [0.4, 0.5) is 0 Å². The summed E-state index contributed by atoms with van der Waals surface area (Å²) >= 11 is 2.71. The Balaban J connectivity index is 2.12. The summed E-state index contributed by atoms with van der Waals surface area (Å²) in [5.41, 5.74) is 0.990. The summed E-state index contributed by atoms with van der Waals surface area (Å²) in [4.78, 5) is 4.20. The number of nitrogens with one attached hydrogen (secondary N) is 2. The summed E-state index contributed by atoms with van der Waals surface area (Å²) in [6.07, 6.45) is 2.36. The number of thiazole rings is 1. The molecule has 21 heavy (non-hydrogen) atoms. The fourth-order valence-electron chi connectivity index (χ4n) is 1.82. The van der Waals surface area contributed by atoms with Gasteiger partial charge in [0.2, 0.25) is 0 Å². The van der Waals surface area contributed by atoms with Gasteiger partial charge in [-0.1, -0.05) is 13.8 Å². The van der Waals surface area contributed by atoms with Gasteiger partial charge in [0.25, 0.3) is 10.0 Å². The molecule has 2 aromatic rings. The van der Waals surface area contributed by atoms with Crippen LogP contribution in [0, 0.1) is 0 Å². The van der Waals surface area contributed by atoms with E-state index in [0.717, 1.165) is 17.1 Å². The molecule has 2 N–H and O–H groups in total. The Morgan fingerprint density at radius 3 is 2.76 bits per heavy atom. The standard InChI is InChI=1S/C13H19N3O2S3/c1-3-11(13-15-5-6-19-13)16-21(17,18)12-7-10(9-20-12)8-14-4-2/h5-7,9,11,14,16H,3-4,8H2,1-2H3. The molecular formula is C13H19N3O2S3. The Labute approximate surface area is 133 Å². The molecule has 2 heterocycles. The lowest BCUT2D eigenvalue weighted by Gasteiger charge is -2.13. The number of hydrogen-bond acceptors (Lipinski definition) is 6. The monoisotopic (exact) mass is 345 g/mol. The minimum Gasteiger partial charge on any atom is -0.313 e. The molecular weight excluding hydrogens is 326 g/mol. The van der Waals surface area contributed by atoms with Crippen LogP contribution in [0.5, 0.6) is 0 Å². The van der Waals surface area contributed by atoms with Gasteiger partial charge in [0.1, 0.15) is 9.22 Å². The van der Waals surface area contributed by atoms with Gasteiger partial charge in [-0.05, 0) is 30.0 Å². The third-order valence-electron chi connectivity index (χ3n) is 2.93. The van der Waals surface area contributed by atoms with Crippen molar-refractivity contribution in [2.75, 3.05) is 6.54 Å². The van der Waals surface area contributed by atoms with Gasteiger partial charge in [0.15, 0.2) is 0 Å². The van der Waals surface area contributed by atoms with Crippen molar-refractivity contribution in [1.29, 1.82) is 0 Å². The molecule has 0 aromatic carbocycles. The van der Waals surface area contributed by atoms with Crippen molar-refractivity contribution in [3.8, 4) is 0 Å². The Bertz CT molecular complexity index is 650. The maximum Gasteiger partial charge on any atom is 0.250 e. The smallest absolute Gasteiger partial charge is 0.250 e. The first-order chi connectivity index (χ1) is 10.1. The number of aromatic nitrogens is 1. The van der Waals surface area contributed by atoms with E-state index in [0.29, 0.717) is 17.2 Å². The normalized spacial score (nSPS) is 13.4. The van der Waals surface area contributed by atoms with E-state index < -0.39 is 10.0 Å². The number of nitrogens with zero attached hydrogens (tertiary/aromatic N) is 1. The molecule has 8 heteroatoms. The zero-order chi connectivity index (χ0) is 15.3. The van der Waals surface area contributed by atoms with E-state index in [4.69, 9.17) is 0 Å². The molecule has 0 saturated carbocycles. The summed E-state index contributed by atoms with van der Waals surface area (Å²) in [6.45, 7) is 5.51. The fourth-order valence-corrected chi connectivity index (χ4v) is 5.17. The minimum absolute atomic E-state index is 0.269. The number of hydrogen-bond donors (Lipinski definition) is 2. The van der Waals surface area contributed by atoms with Gasteiger partial charge in [-0.3, -0.25) is 0 Å². The first kappa shape index (κ1) is 16.6. The maximum atomic E-state index is 12.4. The molecule has 0 fully saturated rings. The summed E-state index contributed by atoms with van der Waals surface area (Å²) < 4.78 is 28.0. The Morgan fingerprint density at radius 1 is 1.33 bits per heavy atom. The van der Waals surface area contributed by atoms with Crippen LogP contribution in [0.1, 0.15) is 36.9 Å². The van der Waals surface area contributed by atoms with Crippen molar-refractivity contribution >= 4 is 32.7 Å². The highest BCUT2D eigenvalue weighted by atomic mass is 32.2. The second-order valence-corrected chi connectivity index (χ2v) is 8.28. The molecule has 2 rings (SSSR count). The van der Waals surface area contributed by atoms with Crippen molar-refractivity contribution in [3.05, 3.63) is 33.6 Å². The average molecular weight is 346 g/mol. The van der Waals surface area contributed by atoms with E-state index in [1.54, 1.807) is 12.3 Å². The van der Waals surface area contributed by atoms with Crippen molar-refractivity contribution in [3.63, 3.8) is 0 Å². The van der Waals surface area contributed by atoms with Crippen molar-refractivity contribution in [2.24, 2.45) is 0 Å². The predicted molar refractivity (Wildman–Crippen MR) is 87.2 cm³/mol. The van der Waals surface area contributed by atoms with Gasteiger partial charge >= 0.3 is 0 Å².